The van der Waals surface area contributed by atoms with Crippen LogP contribution in [0.5, 0.6) is 5.75 Å². The van der Waals surface area contributed by atoms with Gasteiger partial charge in [-0.3, -0.25) is 0 Å². The Labute approximate surface area is 154 Å². The Morgan fingerprint density at radius 2 is 2.04 bits per heavy atom. The van der Waals surface area contributed by atoms with Crippen molar-refractivity contribution < 1.29 is 18.7 Å². The number of esters is 1. The molecule has 0 saturated heterocycles. The summed E-state index contributed by atoms with van der Waals surface area (Å²) in [7, 11) is 1.52. The monoisotopic (exact) mass is 370 g/mol. The fraction of sp³-hybridized carbons (Fsp3) is 0.100. The Balaban J connectivity index is 1.75. The van der Waals surface area contributed by atoms with E-state index in [2.05, 4.69) is 0 Å². The van der Waals surface area contributed by atoms with Crippen molar-refractivity contribution in [3.8, 4) is 5.75 Å². The van der Waals surface area contributed by atoms with Crippen molar-refractivity contribution in [1.82, 2.24) is 0 Å². The quantitative estimate of drug-likeness (QED) is 0.382. The minimum absolute atomic E-state index is 0.0485. The molecule has 0 N–H and O–H groups in total. The van der Waals surface area contributed by atoms with Gasteiger partial charge >= 0.3 is 11.6 Å². The highest BCUT2D eigenvalue weighted by Gasteiger charge is 2.09. The molecule has 132 valence electrons. The summed E-state index contributed by atoms with van der Waals surface area (Å²) in [6, 6.07) is 13.5. The van der Waals surface area contributed by atoms with E-state index in [-0.39, 0.29) is 6.61 Å². The molecule has 2 aromatic carbocycles. The van der Waals surface area contributed by atoms with Gasteiger partial charge in [-0.05, 0) is 35.9 Å². The maximum Gasteiger partial charge on any atom is 0.336 e. The number of hydrogen-bond donors (Lipinski definition) is 0. The molecule has 0 spiro atoms. The minimum atomic E-state index is -0.528. The van der Waals surface area contributed by atoms with Crippen LogP contribution in [-0.2, 0) is 16.1 Å². The summed E-state index contributed by atoms with van der Waals surface area (Å²) in [6.07, 6.45) is 2.92. The van der Waals surface area contributed by atoms with E-state index in [1.165, 1.54) is 19.3 Å². The number of carbonyl (C=O) groups is 1. The van der Waals surface area contributed by atoms with Gasteiger partial charge in [0.15, 0.2) is 0 Å². The molecule has 0 atom stereocenters. The molecular weight excluding hydrogens is 356 g/mol. The Bertz CT molecular complexity index is 1040. The highest BCUT2D eigenvalue weighted by molar-refractivity contribution is 6.30. The zero-order chi connectivity index (χ0) is 18.5. The highest BCUT2D eigenvalue weighted by atomic mass is 35.5. The standard InChI is InChI=1S/C20H15ClO5/c1-24-16-6-7-17-14(10-20(23)26-18(17)11-16)12-25-19(22)8-5-13-3-2-4-15(21)9-13/h2-11H,12H2,1H3. The average Bonchev–Trinajstić information content (AvgIpc) is 2.63. The second kappa shape index (κ2) is 7.89. The number of methoxy groups -OCH3 is 1. The van der Waals surface area contributed by atoms with Crippen molar-refractivity contribution in [2.24, 2.45) is 0 Å². The van der Waals surface area contributed by atoms with E-state index in [9.17, 15) is 9.59 Å². The molecule has 1 aromatic heterocycles. The van der Waals surface area contributed by atoms with Gasteiger partial charge in [0, 0.05) is 34.2 Å². The first-order chi connectivity index (χ1) is 12.5. The summed E-state index contributed by atoms with van der Waals surface area (Å²) in [5, 5.41) is 1.26. The van der Waals surface area contributed by atoms with Gasteiger partial charge in [-0.15, -0.1) is 0 Å². The van der Waals surface area contributed by atoms with E-state index >= 15 is 0 Å². The number of halogens is 1. The SMILES string of the molecule is COc1ccc2c(COC(=O)C=Cc3cccc(Cl)c3)cc(=O)oc2c1. The van der Waals surface area contributed by atoms with Gasteiger partial charge in [0.05, 0.1) is 7.11 Å². The molecule has 26 heavy (non-hydrogen) atoms. The van der Waals surface area contributed by atoms with Gasteiger partial charge in [0.25, 0.3) is 0 Å². The van der Waals surface area contributed by atoms with Crippen LogP contribution < -0.4 is 10.4 Å². The molecule has 3 rings (SSSR count). The smallest absolute Gasteiger partial charge is 0.336 e. The van der Waals surface area contributed by atoms with Crippen molar-refractivity contribution in [2.45, 2.75) is 6.61 Å². The van der Waals surface area contributed by atoms with Gasteiger partial charge in [0.1, 0.15) is 17.9 Å². The summed E-state index contributed by atoms with van der Waals surface area (Å²) in [4.78, 5) is 23.6. The summed E-state index contributed by atoms with van der Waals surface area (Å²) in [5.74, 6) is 0.0409. The lowest BCUT2D eigenvalue weighted by Crippen LogP contribution is -2.05. The van der Waals surface area contributed by atoms with Gasteiger partial charge in [-0.1, -0.05) is 23.7 Å². The fourth-order valence-electron chi connectivity index (χ4n) is 2.43. The van der Waals surface area contributed by atoms with E-state index < -0.39 is 11.6 Å². The molecule has 0 saturated carbocycles. The van der Waals surface area contributed by atoms with Crippen LogP contribution >= 0.6 is 11.6 Å². The van der Waals surface area contributed by atoms with Crippen LogP contribution in [0.15, 0.2) is 63.8 Å². The molecule has 0 radical (unpaired) electrons. The molecular formula is C20H15ClO5. The summed E-state index contributed by atoms with van der Waals surface area (Å²) in [6.45, 7) is -0.0485. The van der Waals surface area contributed by atoms with Crippen molar-refractivity contribution in [3.63, 3.8) is 0 Å². The van der Waals surface area contributed by atoms with Gasteiger partial charge in [0.2, 0.25) is 0 Å². The third-order valence-corrected chi connectivity index (χ3v) is 3.90. The van der Waals surface area contributed by atoms with Gasteiger partial charge < -0.3 is 13.9 Å². The zero-order valence-corrected chi connectivity index (χ0v) is 14.7. The lowest BCUT2D eigenvalue weighted by molar-refractivity contribution is -0.138. The summed E-state index contributed by atoms with van der Waals surface area (Å²) >= 11 is 5.90. The number of benzene rings is 2. The first kappa shape index (κ1) is 17.8. The van der Waals surface area contributed by atoms with E-state index in [0.29, 0.717) is 27.3 Å². The lowest BCUT2D eigenvalue weighted by atomic mass is 10.1. The van der Waals surface area contributed by atoms with Crippen LogP contribution in [0, 0.1) is 0 Å². The van der Waals surface area contributed by atoms with E-state index in [4.69, 9.17) is 25.5 Å². The molecule has 5 nitrogen and oxygen atoms in total. The number of rotatable bonds is 5. The Morgan fingerprint density at radius 3 is 2.81 bits per heavy atom. The normalized spacial score (nSPS) is 11.0. The molecule has 6 heteroatoms. The minimum Gasteiger partial charge on any atom is -0.497 e. The van der Waals surface area contributed by atoms with Crippen molar-refractivity contribution in [1.29, 1.82) is 0 Å². The predicted octanol–water partition coefficient (Wildman–Crippen LogP) is 4.21. The number of carbonyl (C=O) groups excluding carboxylic acids is 1. The van der Waals surface area contributed by atoms with Crippen LogP contribution in [0.1, 0.15) is 11.1 Å². The summed E-state index contributed by atoms with van der Waals surface area (Å²) in [5.41, 5.74) is 1.19. The van der Waals surface area contributed by atoms with Crippen LogP contribution in [-0.4, -0.2) is 13.1 Å². The second-order valence-corrected chi connectivity index (χ2v) is 5.89. The lowest BCUT2D eigenvalue weighted by Gasteiger charge is -2.07. The Kier molecular flexibility index (Phi) is 5.39. The molecule has 0 amide bonds. The van der Waals surface area contributed by atoms with Crippen molar-refractivity contribution in [3.05, 3.63) is 81.2 Å². The maximum absolute atomic E-state index is 11.9. The first-order valence-electron chi connectivity index (χ1n) is 7.76. The van der Waals surface area contributed by atoms with Crippen LogP contribution in [0.3, 0.4) is 0 Å². The largest absolute Gasteiger partial charge is 0.497 e. The zero-order valence-electron chi connectivity index (χ0n) is 13.9. The Morgan fingerprint density at radius 1 is 1.19 bits per heavy atom. The number of ether oxygens (including phenoxy) is 2. The van der Waals surface area contributed by atoms with Crippen molar-refractivity contribution >= 4 is 34.6 Å². The number of fused-ring (bicyclic) bond motifs is 1. The molecule has 0 aliphatic rings. The molecule has 3 aromatic rings. The fourth-order valence-corrected chi connectivity index (χ4v) is 2.63. The first-order valence-corrected chi connectivity index (χ1v) is 8.14. The molecule has 0 aliphatic carbocycles. The third-order valence-electron chi connectivity index (χ3n) is 3.67. The summed E-state index contributed by atoms with van der Waals surface area (Å²) < 4.78 is 15.5. The second-order valence-electron chi connectivity index (χ2n) is 5.45. The van der Waals surface area contributed by atoms with Crippen molar-refractivity contribution in [2.75, 3.05) is 7.11 Å². The molecule has 0 fully saturated rings. The van der Waals surface area contributed by atoms with Gasteiger partial charge in [-0.25, -0.2) is 9.59 Å². The van der Waals surface area contributed by atoms with E-state index in [1.54, 1.807) is 42.5 Å². The van der Waals surface area contributed by atoms with Gasteiger partial charge in [-0.2, -0.15) is 0 Å². The van der Waals surface area contributed by atoms with Crippen LogP contribution in [0.25, 0.3) is 17.0 Å². The molecule has 0 bridgehead atoms. The highest BCUT2D eigenvalue weighted by Crippen LogP contribution is 2.23. The molecule has 0 unspecified atom stereocenters. The Hall–Kier alpha value is -3.05. The molecule has 0 aliphatic heterocycles. The maximum atomic E-state index is 11.9. The van der Waals surface area contributed by atoms with Crippen LogP contribution in [0.4, 0.5) is 0 Å². The average molecular weight is 371 g/mol. The van der Waals surface area contributed by atoms with E-state index in [0.717, 1.165) is 5.56 Å². The van der Waals surface area contributed by atoms with E-state index in [1.807, 2.05) is 6.07 Å². The number of hydrogen-bond acceptors (Lipinski definition) is 5. The topological polar surface area (TPSA) is 65.7 Å². The molecule has 1 heterocycles. The third kappa shape index (κ3) is 4.32. The predicted molar refractivity (Wildman–Crippen MR) is 99.3 cm³/mol. The van der Waals surface area contributed by atoms with Crippen LogP contribution in [0.2, 0.25) is 5.02 Å².